The number of cyclic esters (lactones) is 1. The molecule has 1 aromatic heterocycles. The van der Waals surface area contributed by atoms with Gasteiger partial charge in [-0.25, -0.2) is 4.79 Å². The van der Waals surface area contributed by atoms with Crippen molar-refractivity contribution in [1.82, 2.24) is 9.59 Å². The molecule has 1 aromatic carbocycles. The van der Waals surface area contributed by atoms with Crippen molar-refractivity contribution in [1.29, 1.82) is 0 Å². The maximum absolute atomic E-state index is 11.5. The van der Waals surface area contributed by atoms with Gasteiger partial charge in [-0.05, 0) is 29.7 Å². The highest BCUT2D eigenvalue weighted by Gasteiger charge is 2.23. The molecule has 1 aliphatic heterocycles. The fraction of sp³-hybridized carbons (Fsp3) is 0.250. The van der Waals surface area contributed by atoms with Crippen molar-refractivity contribution in [3.63, 3.8) is 0 Å². The van der Waals surface area contributed by atoms with E-state index in [1.54, 1.807) is 4.90 Å². The number of nitrogens with zero attached hydrogens (tertiary/aromatic N) is 3. The van der Waals surface area contributed by atoms with E-state index < -0.39 is 0 Å². The van der Waals surface area contributed by atoms with Crippen LogP contribution in [0.3, 0.4) is 0 Å². The third-order valence-electron chi connectivity index (χ3n) is 2.80. The zero-order valence-electron chi connectivity index (χ0n) is 10.1. The lowest BCUT2D eigenvalue weighted by Crippen LogP contribution is -2.23. The van der Waals surface area contributed by atoms with Gasteiger partial charge in [0, 0.05) is 16.8 Å². The lowest BCUT2D eigenvalue weighted by atomic mass is 10.2. The monoisotopic (exact) mass is 276 g/mol. The summed E-state index contributed by atoms with van der Waals surface area (Å²) in [6.45, 7) is 1.66. The summed E-state index contributed by atoms with van der Waals surface area (Å²) in [7, 11) is 0. The van der Waals surface area contributed by atoms with E-state index in [1.807, 2.05) is 29.6 Å². The van der Waals surface area contributed by atoms with Crippen molar-refractivity contribution >= 4 is 29.0 Å². The molecule has 0 radical (unpaired) electrons. The number of ether oxygens (including phenoxy) is 1. The Morgan fingerprint density at radius 2 is 2.42 bits per heavy atom. The number of aromatic nitrogens is 2. The highest BCUT2D eigenvalue weighted by atomic mass is 32.1. The second-order valence-corrected chi connectivity index (χ2v) is 4.68. The maximum Gasteiger partial charge on any atom is 0.414 e. The molecule has 6 nitrogen and oxygen atoms in total. The average Bonchev–Trinajstić information content (AvgIpc) is 3.08. The number of carbonyl (C=O) groups excluding carboxylic acids is 1. The molecule has 1 N–H and O–H groups in total. The number of nitrogens with one attached hydrogen (secondary N) is 1. The molecule has 0 aliphatic carbocycles. The van der Waals surface area contributed by atoms with Gasteiger partial charge in [0.05, 0.1) is 18.8 Å². The first-order chi connectivity index (χ1) is 9.33. The van der Waals surface area contributed by atoms with Crippen molar-refractivity contribution in [2.45, 2.75) is 6.54 Å². The molecule has 7 heteroatoms. The molecular weight excluding hydrogens is 264 g/mol. The lowest BCUT2D eigenvalue weighted by Gasteiger charge is -2.14. The minimum absolute atomic E-state index is 0.291. The van der Waals surface area contributed by atoms with E-state index in [9.17, 15) is 4.79 Å². The third-order valence-corrected chi connectivity index (χ3v) is 3.35. The molecule has 2 heterocycles. The predicted molar refractivity (Wildman–Crippen MR) is 72.4 cm³/mol. The summed E-state index contributed by atoms with van der Waals surface area (Å²) < 4.78 is 8.74. The Bertz CT molecular complexity index is 573. The molecule has 0 bridgehead atoms. The first-order valence-electron chi connectivity index (χ1n) is 5.87. The second-order valence-electron chi connectivity index (χ2n) is 4.07. The summed E-state index contributed by atoms with van der Waals surface area (Å²) in [4.78, 5) is 13.1. The Kier molecular flexibility index (Phi) is 3.28. The number of carbonyl (C=O) groups is 1. The summed E-state index contributed by atoms with van der Waals surface area (Å²) >= 11 is 1.33. The van der Waals surface area contributed by atoms with Gasteiger partial charge in [0.25, 0.3) is 0 Å². The van der Waals surface area contributed by atoms with Crippen LogP contribution in [0.1, 0.15) is 5.69 Å². The SMILES string of the molecule is O=C1OCCN1c1cccc(NCc2csnn2)c1. The molecule has 0 atom stereocenters. The predicted octanol–water partition coefficient (Wildman–Crippen LogP) is 2.11. The topological polar surface area (TPSA) is 67.3 Å². The molecule has 0 saturated carbocycles. The minimum Gasteiger partial charge on any atom is -0.447 e. The molecule has 1 amide bonds. The van der Waals surface area contributed by atoms with Crippen molar-refractivity contribution in [2.75, 3.05) is 23.4 Å². The van der Waals surface area contributed by atoms with Gasteiger partial charge in [-0.1, -0.05) is 10.6 Å². The van der Waals surface area contributed by atoms with Gasteiger partial charge < -0.3 is 10.1 Å². The van der Waals surface area contributed by atoms with Crippen LogP contribution in [0.4, 0.5) is 16.2 Å². The molecule has 19 heavy (non-hydrogen) atoms. The fourth-order valence-corrected chi connectivity index (χ4v) is 2.32. The molecule has 98 valence electrons. The zero-order chi connectivity index (χ0) is 13.1. The second kappa shape index (κ2) is 5.23. The summed E-state index contributed by atoms with van der Waals surface area (Å²) in [5.41, 5.74) is 2.67. The Labute approximate surface area is 114 Å². The summed E-state index contributed by atoms with van der Waals surface area (Å²) in [6, 6.07) is 7.67. The summed E-state index contributed by atoms with van der Waals surface area (Å²) in [5.74, 6) is 0. The van der Waals surface area contributed by atoms with Gasteiger partial charge in [-0.3, -0.25) is 4.90 Å². The quantitative estimate of drug-likeness (QED) is 0.926. The van der Waals surface area contributed by atoms with Gasteiger partial charge >= 0.3 is 6.09 Å². The Hall–Kier alpha value is -2.15. The number of benzene rings is 1. The molecular formula is C12H12N4O2S. The molecule has 0 unspecified atom stereocenters. The summed E-state index contributed by atoms with van der Waals surface area (Å²) in [6.07, 6.45) is -0.291. The zero-order valence-corrected chi connectivity index (χ0v) is 10.9. The van der Waals surface area contributed by atoms with Crippen LogP contribution in [0.15, 0.2) is 29.6 Å². The Morgan fingerprint density at radius 3 is 3.16 bits per heavy atom. The molecule has 0 spiro atoms. The average molecular weight is 276 g/mol. The van der Waals surface area contributed by atoms with Crippen LogP contribution < -0.4 is 10.2 Å². The number of hydrogen-bond acceptors (Lipinski definition) is 6. The van der Waals surface area contributed by atoms with Gasteiger partial charge in [0.1, 0.15) is 6.61 Å². The lowest BCUT2D eigenvalue weighted by molar-refractivity contribution is 0.181. The molecule has 1 saturated heterocycles. The Balaban J connectivity index is 1.71. The molecule has 2 aromatic rings. The normalized spacial score (nSPS) is 14.5. The number of hydrogen-bond donors (Lipinski definition) is 1. The van der Waals surface area contributed by atoms with E-state index in [1.165, 1.54) is 11.5 Å². The van der Waals surface area contributed by atoms with Crippen molar-refractivity contribution in [3.8, 4) is 0 Å². The number of anilines is 2. The van der Waals surface area contributed by atoms with Crippen LogP contribution in [-0.2, 0) is 11.3 Å². The van der Waals surface area contributed by atoms with Crippen LogP contribution in [-0.4, -0.2) is 28.8 Å². The molecule has 3 rings (SSSR count). The Morgan fingerprint density at radius 1 is 1.47 bits per heavy atom. The highest BCUT2D eigenvalue weighted by molar-refractivity contribution is 7.03. The van der Waals surface area contributed by atoms with Gasteiger partial charge in [-0.15, -0.1) is 5.10 Å². The van der Waals surface area contributed by atoms with Crippen LogP contribution in [0.25, 0.3) is 0 Å². The number of amides is 1. The smallest absolute Gasteiger partial charge is 0.414 e. The van der Waals surface area contributed by atoms with Crippen LogP contribution in [0.2, 0.25) is 0 Å². The first kappa shape index (κ1) is 11.9. The first-order valence-corrected chi connectivity index (χ1v) is 6.71. The van der Waals surface area contributed by atoms with E-state index in [4.69, 9.17) is 4.74 Å². The number of rotatable bonds is 4. The van der Waals surface area contributed by atoms with E-state index in [2.05, 4.69) is 14.9 Å². The van der Waals surface area contributed by atoms with Crippen molar-refractivity contribution in [3.05, 3.63) is 35.3 Å². The van der Waals surface area contributed by atoms with E-state index in [0.29, 0.717) is 19.7 Å². The van der Waals surface area contributed by atoms with Crippen LogP contribution >= 0.6 is 11.5 Å². The van der Waals surface area contributed by atoms with E-state index in [0.717, 1.165) is 17.1 Å². The maximum atomic E-state index is 11.5. The van der Waals surface area contributed by atoms with Gasteiger partial charge in [0.2, 0.25) is 0 Å². The largest absolute Gasteiger partial charge is 0.447 e. The van der Waals surface area contributed by atoms with Gasteiger partial charge in [-0.2, -0.15) is 0 Å². The highest BCUT2D eigenvalue weighted by Crippen LogP contribution is 2.22. The standard InChI is InChI=1S/C12H12N4O2S/c17-12-16(4-5-18-12)11-3-1-2-9(6-11)13-7-10-8-19-15-14-10/h1-3,6,8,13H,4-5,7H2. The summed E-state index contributed by atoms with van der Waals surface area (Å²) in [5, 5.41) is 9.11. The molecule has 1 fully saturated rings. The minimum atomic E-state index is -0.291. The van der Waals surface area contributed by atoms with Crippen molar-refractivity contribution in [2.24, 2.45) is 0 Å². The van der Waals surface area contributed by atoms with Gasteiger partial charge in [0.15, 0.2) is 0 Å². The van der Waals surface area contributed by atoms with E-state index in [-0.39, 0.29) is 6.09 Å². The molecule has 1 aliphatic rings. The van der Waals surface area contributed by atoms with Crippen molar-refractivity contribution < 1.29 is 9.53 Å². The van der Waals surface area contributed by atoms with Crippen LogP contribution in [0, 0.1) is 0 Å². The van der Waals surface area contributed by atoms with Crippen LogP contribution in [0.5, 0.6) is 0 Å². The fourth-order valence-electron chi connectivity index (χ4n) is 1.87. The third kappa shape index (κ3) is 2.65. The van der Waals surface area contributed by atoms with E-state index >= 15 is 0 Å².